The molecule has 0 amide bonds. The first-order chi connectivity index (χ1) is 11.1. The highest BCUT2D eigenvalue weighted by Gasteiger charge is 2.33. The molecule has 116 valence electrons. The monoisotopic (exact) mass is 311 g/mol. The van der Waals surface area contributed by atoms with Crippen molar-refractivity contribution in [2.24, 2.45) is 0 Å². The van der Waals surface area contributed by atoms with E-state index in [0.717, 1.165) is 0 Å². The fourth-order valence-corrected chi connectivity index (χ4v) is 2.76. The number of hydrogen-bond acceptors (Lipinski definition) is 4. The minimum absolute atomic E-state index is 0.0441. The van der Waals surface area contributed by atoms with Gasteiger partial charge in [0.1, 0.15) is 5.76 Å². The molecule has 6 nitrogen and oxygen atoms in total. The number of fused-ring (bicyclic) bond motifs is 1. The second kappa shape index (κ2) is 5.92. The van der Waals surface area contributed by atoms with Gasteiger partial charge in [-0.3, -0.25) is 14.9 Å². The number of nitrogens with zero attached hydrogens (tertiary/aromatic N) is 1. The lowest BCUT2D eigenvalue weighted by Crippen LogP contribution is -2.00. The van der Waals surface area contributed by atoms with E-state index in [-0.39, 0.29) is 18.5 Å². The van der Waals surface area contributed by atoms with Crippen LogP contribution in [0.3, 0.4) is 0 Å². The molecule has 1 heterocycles. The van der Waals surface area contributed by atoms with E-state index in [4.69, 9.17) is 9.52 Å². The fourth-order valence-electron chi connectivity index (χ4n) is 2.76. The smallest absolute Gasteiger partial charge is 0.303 e. The van der Waals surface area contributed by atoms with Gasteiger partial charge in [0.05, 0.1) is 22.3 Å². The number of benzene rings is 1. The fraction of sp³-hybridized carbons (Fsp3) is 0.118. The zero-order valence-corrected chi connectivity index (χ0v) is 12.1. The van der Waals surface area contributed by atoms with E-state index in [1.807, 2.05) is 6.07 Å². The third-order valence-electron chi connectivity index (χ3n) is 3.67. The zero-order valence-electron chi connectivity index (χ0n) is 12.1. The quantitative estimate of drug-likeness (QED) is 0.568. The Balaban J connectivity index is 2.28. The molecular weight excluding hydrogens is 298 g/mol. The maximum atomic E-state index is 11.6. The van der Waals surface area contributed by atoms with Crippen molar-refractivity contribution >= 4 is 11.7 Å². The summed E-state index contributed by atoms with van der Waals surface area (Å²) >= 11 is 0. The van der Waals surface area contributed by atoms with Gasteiger partial charge in [0, 0.05) is 12.0 Å². The molecule has 0 atom stereocenters. The molecule has 1 aromatic rings. The summed E-state index contributed by atoms with van der Waals surface area (Å²) in [4.78, 5) is 22.0. The normalized spacial score (nSPS) is 10.8. The summed E-state index contributed by atoms with van der Waals surface area (Å²) in [6, 6.07) is 12.4. The first-order valence-electron chi connectivity index (χ1n) is 7.03. The van der Waals surface area contributed by atoms with Crippen LogP contribution in [-0.4, -0.2) is 16.0 Å². The van der Waals surface area contributed by atoms with E-state index >= 15 is 0 Å². The molecule has 0 unspecified atom stereocenters. The van der Waals surface area contributed by atoms with E-state index < -0.39 is 10.9 Å². The Hall–Kier alpha value is -3.15. The van der Waals surface area contributed by atoms with Crippen molar-refractivity contribution in [3.05, 3.63) is 64.4 Å². The lowest BCUT2D eigenvalue weighted by Gasteiger charge is -2.02. The van der Waals surface area contributed by atoms with Gasteiger partial charge >= 0.3 is 5.97 Å². The summed E-state index contributed by atoms with van der Waals surface area (Å²) in [5.74, 6) is -0.634. The van der Waals surface area contributed by atoms with E-state index in [1.54, 1.807) is 36.4 Å². The first kappa shape index (κ1) is 14.8. The van der Waals surface area contributed by atoms with Gasteiger partial charge in [-0.1, -0.05) is 30.3 Å². The summed E-state index contributed by atoms with van der Waals surface area (Å²) in [6.45, 7) is 0. The molecular formula is C17H13NO5. The van der Waals surface area contributed by atoms with Crippen LogP contribution < -0.4 is 0 Å². The van der Waals surface area contributed by atoms with Crippen LogP contribution in [0, 0.1) is 10.1 Å². The molecule has 6 heteroatoms. The molecule has 0 saturated heterocycles. The molecule has 1 aliphatic heterocycles. The molecule has 3 rings (SSSR count). The molecule has 0 aromatic heterocycles. The summed E-state index contributed by atoms with van der Waals surface area (Å²) in [7, 11) is 0. The Bertz CT molecular complexity index is 838. The zero-order chi connectivity index (χ0) is 16.4. The van der Waals surface area contributed by atoms with Gasteiger partial charge in [0.2, 0.25) is 0 Å². The van der Waals surface area contributed by atoms with Crippen LogP contribution in [0.15, 0.2) is 53.1 Å². The Morgan fingerprint density at radius 1 is 1.17 bits per heavy atom. The molecule has 0 fully saturated rings. The molecule has 0 bridgehead atoms. The van der Waals surface area contributed by atoms with Crippen LogP contribution in [0.5, 0.6) is 0 Å². The van der Waals surface area contributed by atoms with Crippen LogP contribution in [0.1, 0.15) is 12.0 Å². The number of nitro groups is 1. The number of rotatable bonds is 5. The van der Waals surface area contributed by atoms with E-state index in [2.05, 4.69) is 0 Å². The van der Waals surface area contributed by atoms with Gasteiger partial charge in [0.15, 0.2) is 0 Å². The highest BCUT2D eigenvalue weighted by Crippen LogP contribution is 2.48. The minimum atomic E-state index is -1.01. The molecule has 23 heavy (non-hydrogen) atoms. The van der Waals surface area contributed by atoms with Crippen LogP contribution in [0.2, 0.25) is 0 Å². The highest BCUT2D eigenvalue weighted by molar-refractivity contribution is 5.95. The average Bonchev–Trinajstić information content (AvgIpc) is 2.88. The van der Waals surface area contributed by atoms with E-state index in [9.17, 15) is 14.9 Å². The number of hydrogen-bond donors (Lipinski definition) is 1. The summed E-state index contributed by atoms with van der Waals surface area (Å²) in [5.41, 5.74) is 2.03. The lowest BCUT2D eigenvalue weighted by atomic mass is 10.0. The number of carboxylic acid groups (broad SMARTS) is 1. The van der Waals surface area contributed by atoms with Crippen molar-refractivity contribution in [3.8, 4) is 22.5 Å². The maximum Gasteiger partial charge on any atom is 0.303 e. The molecule has 0 saturated carbocycles. The third-order valence-corrected chi connectivity index (χ3v) is 3.67. The predicted molar refractivity (Wildman–Crippen MR) is 83.4 cm³/mol. The molecule has 1 aromatic carbocycles. The Morgan fingerprint density at radius 2 is 1.91 bits per heavy atom. The highest BCUT2D eigenvalue weighted by atomic mass is 16.6. The van der Waals surface area contributed by atoms with Crippen molar-refractivity contribution in [2.45, 2.75) is 12.8 Å². The van der Waals surface area contributed by atoms with Gasteiger partial charge < -0.3 is 9.52 Å². The number of carboxylic acids is 1. The first-order valence-corrected chi connectivity index (χ1v) is 7.03. The predicted octanol–water partition coefficient (Wildman–Crippen LogP) is 3.98. The van der Waals surface area contributed by atoms with Crippen LogP contribution in [0.25, 0.3) is 22.5 Å². The molecule has 0 radical (unpaired) electrons. The molecule has 2 aliphatic rings. The standard InChI is InChI=1S/C17H13NO5/c19-14(20)9-8-13-16(18(21)22)15(11-5-2-1-3-6-11)12-7-4-10-23-17(12)13/h1-7,10H,8-9H2,(H,19,20). The van der Waals surface area contributed by atoms with Crippen molar-refractivity contribution in [1.29, 1.82) is 0 Å². The second-order valence-corrected chi connectivity index (χ2v) is 5.07. The van der Waals surface area contributed by atoms with Gasteiger partial charge in [-0.25, -0.2) is 0 Å². The molecule has 1 N–H and O–H groups in total. The van der Waals surface area contributed by atoms with Crippen LogP contribution in [0.4, 0.5) is 5.69 Å². The van der Waals surface area contributed by atoms with Gasteiger partial charge in [-0.2, -0.15) is 0 Å². The minimum Gasteiger partial charge on any atom is -0.481 e. The molecule has 1 aliphatic carbocycles. The summed E-state index contributed by atoms with van der Waals surface area (Å²) in [6.07, 6.45) is 1.28. The SMILES string of the molecule is O=C(O)CCc1c2occcc-2c(-c2ccccc2)c1[N+](=O)[O-]. The van der Waals surface area contributed by atoms with Gasteiger partial charge in [0.25, 0.3) is 5.69 Å². The summed E-state index contributed by atoms with van der Waals surface area (Å²) in [5, 5.41) is 20.5. The number of carbonyl (C=O) groups is 1. The maximum absolute atomic E-state index is 11.6. The van der Waals surface area contributed by atoms with Crippen molar-refractivity contribution in [3.63, 3.8) is 0 Å². The van der Waals surface area contributed by atoms with Crippen molar-refractivity contribution in [1.82, 2.24) is 0 Å². The van der Waals surface area contributed by atoms with E-state index in [1.165, 1.54) is 6.26 Å². The van der Waals surface area contributed by atoms with Crippen LogP contribution >= 0.6 is 0 Å². The van der Waals surface area contributed by atoms with Crippen molar-refractivity contribution < 1.29 is 19.2 Å². The molecule has 0 spiro atoms. The van der Waals surface area contributed by atoms with Gasteiger partial charge in [-0.05, 0) is 24.1 Å². The van der Waals surface area contributed by atoms with Gasteiger partial charge in [-0.15, -0.1) is 0 Å². The Kier molecular flexibility index (Phi) is 3.80. The van der Waals surface area contributed by atoms with Crippen LogP contribution in [-0.2, 0) is 11.2 Å². The second-order valence-electron chi connectivity index (χ2n) is 5.07. The van der Waals surface area contributed by atoms with E-state index in [0.29, 0.717) is 28.0 Å². The van der Waals surface area contributed by atoms with Crippen molar-refractivity contribution in [2.75, 3.05) is 0 Å². The Labute approximate surface area is 131 Å². The topological polar surface area (TPSA) is 93.6 Å². The Morgan fingerprint density at radius 3 is 2.57 bits per heavy atom. The average molecular weight is 311 g/mol. The summed E-state index contributed by atoms with van der Waals surface area (Å²) < 4.78 is 5.47. The number of aliphatic carboxylic acids is 1. The lowest BCUT2D eigenvalue weighted by molar-refractivity contribution is -0.384. The third kappa shape index (κ3) is 2.66. The largest absolute Gasteiger partial charge is 0.481 e.